The third kappa shape index (κ3) is 2.84. The summed E-state index contributed by atoms with van der Waals surface area (Å²) in [6, 6.07) is 4.45. The molecule has 2 atom stereocenters. The zero-order valence-electron chi connectivity index (χ0n) is 12.2. The molecule has 0 saturated carbocycles. The molecule has 106 valence electrons. The maximum Gasteiger partial charge on any atom is 0.0764 e. The van der Waals surface area contributed by atoms with Crippen molar-refractivity contribution in [2.24, 2.45) is 7.05 Å². The predicted molar refractivity (Wildman–Crippen MR) is 76.9 cm³/mol. The van der Waals surface area contributed by atoms with Crippen LogP contribution in [-0.2, 0) is 13.6 Å². The van der Waals surface area contributed by atoms with Gasteiger partial charge >= 0.3 is 0 Å². The Morgan fingerprint density at radius 3 is 2.63 bits per heavy atom. The molecule has 3 heterocycles. The van der Waals surface area contributed by atoms with Crippen molar-refractivity contribution >= 4 is 0 Å². The lowest BCUT2D eigenvalue weighted by Gasteiger charge is -2.39. The first-order valence-electron chi connectivity index (χ1n) is 7.74. The molecule has 1 N–H and O–H groups in total. The Morgan fingerprint density at radius 1 is 1.32 bits per heavy atom. The van der Waals surface area contributed by atoms with Gasteiger partial charge < -0.3 is 5.32 Å². The van der Waals surface area contributed by atoms with Crippen LogP contribution in [0.1, 0.15) is 44.7 Å². The van der Waals surface area contributed by atoms with Gasteiger partial charge in [-0.15, -0.1) is 0 Å². The van der Waals surface area contributed by atoms with Crippen LogP contribution in [-0.4, -0.2) is 39.4 Å². The molecule has 3 rings (SSSR count). The minimum Gasteiger partial charge on any atom is -0.314 e. The first-order chi connectivity index (χ1) is 9.26. The zero-order valence-corrected chi connectivity index (χ0v) is 12.2. The quantitative estimate of drug-likeness (QED) is 0.880. The van der Waals surface area contributed by atoms with Gasteiger partial charge in [0.2, 0.25) is 0 Å². The highest BCUT2D eigenvalue weighted by Gasteiger charge is 2.40. The van der Waals surface area contributed by atoms with Crippen LogP contribution in [0.2, 0.25) is 0 Å². The minimum absolute atomic E-state index is 0.748. The molecule has 0 amide bonds. The Labute approximate surface area is 116 Å². The number of piperidine rings is 1. The van der Waals surface area contributed by atoms with E-state index < -0.39 is 0 Å². The van der Waals surface area contributed by atoms with Crippen molar-refractivity contribution in [3.63, 3.8) is 0 Å². The summed E-state index contributed by atoms with van der Waals surface area (Å²) in [6.07, 6.45) is 8.69. The van der Waals surface area contributed by atoms with Crippen LogP contribution in [0.15, 0.2) is 12.3 Å². The van der Waals surface area contributed by atoms with E-state index in [9.17, 15) is 0 Å². The average molecular weight is 262 g/mol. The smallest absolute Gasteiger partial charge is 0.0764 e. The van der Waals surface area contributed by atoms with Crippen molar-refractivity contribution in [2.45, 2.75) is 63.7 Å². The summed E-state index contributed by atoms with van der Waals surface area (Å²) in [6.45, 7) is 4.46. The number of fused-ring (bicyclic) bond motifs is 2. The van der Waals surface area contributed by atoms with E-state index in [-0.39, 0.29) is 0 Å². The van der Waals surface area contributed by atoms with Crippen molar-refractivity contribution in [1.29, 1.82) is 0 Å². The number of aromatic nitrogens is 2. The molecule has 0 radical (unpaired) electrons. The standard InChI is InChI=1S/C15H26N4/c1-3-7-16-13-9-14-4-5-15(10-13)19(14)11-12-6-8-18(2)17-12/h6,8,13-16H,3-5,7,9-11H2,1-2H3. The number of nitrogens with one attached hydrogen (secondary N) is 1. The van der Waals surface area contributed by atoms with E-state index in [1.54, 1.807) is 0 Å². The Balaban J connectivity index is 1.60. The second-order valence-corrected chi connectivity index (χ2v) is 6.16. The highest BCUT2D eigenvalue weighted by atomic mass is 15.3. The van der Waals surface area contributed by atoms with E-state index in [1.807, 2.05) is 17.9 Å². The van der Waals surface area contributed by atoms with Crippen LogP contribution in [0.3, 0.4) is 0 Å². The Bertz CT molecular complexity index is 400. The maximum absolute atomic E-state index is 4.53. The Morgan fingerprint density at radius 2 is 2.05 bits per heavy atom. The predicted octanol–water partition coefficient (Wildman–Crippen LogP) is 1.92. The topological polar surface area (TPSA) is 33.1 Å². The molecule has 2 aliphatic heterocycles. The van der Waals surface area contributed by atoms with Crippen molar-refractivity contribution in [2.75, 3.05) is 6.54 Å². The molecule has 19 heavy (non-hydrogen) atoms. The van der Waals surface area contributed by atoms with Gasteiger partial charge in [-0.2, -0.15) is 5.10 Å². The molecule has 2 saturated heterocycles. The van der Waals surface area contributed by atoms with E-state index in [2.05, 4.69) is 28.3 Å². The van der Waals surface area contributed by atoms with Crippen LogP contribution < -0.4 is 5.32 Å². The summed E-state index contributed by atoms with van der Waals surface area (Å²) in [4.78, 5) is 2.70. The van der Waals surface area contributed by atoms with E-state index in [0.717, 1.165) is 24.7 Å². The van der Waals surface area contributed by atoms with Crippen LogP contribution in [0.25, 0.3) is 0 Å². The lowest BCUT2D eigenvalue weighted by atomic mass is 9.97. The molecule has 4 nitrogen and oxygen atoms in total. The van der Waals surface area contributed by atoms with Gasteiger partial charge in [-0.1, -0.05) is 6.92 Å². The van der Waals surface area contributed by atoms with Crippen molar-refractivity contribution in [1.82, 2.24) is 20.0 Å². The van der Waals surface area contributed by atoms with Crippen LogP contribution >= 0.6 is 0 Å². The lowest BCUT2D eigenvalue weighted by molar-refractivity contribution is 0.108. The van der Waals surface area contributed by atoms with Crippen LogP contribution in [0.5, 0.6) is 0 Å². The number of hydrogen-bond donors (Lipinski definition) is 1. The van der Waals surface area contributed by atoms with Gasteiger partial charge in [-0.25, -0.2) is 0 Å². The summed E-state index contributed by atoms with van der Waals surface area (Å²) < 4.78 is 1.91. The van der Waals surface area contributed by atoms with Gasteiger partial charge in [0.15, 0.2) is 0 Å². The molecule has 2 unspecified atom stereocenters. The molecule has 2 aliphatic rings. The molecule has 0 aromatic carbocycles. The molecular weight excluding hydrogens is 236 g/mol. The normalized spacial score (nSPS) is 30.9. The van der Waals surface area contributed by atoms with Crippen molar-refractivity contribution in [3.8, 4) is 0 Å². The third-order valence-electron chi connectivity index (χ3n) is 4.68. The SMILES string of the molecule is CCCNC1CC2CCC(C1)N2Cc1ccn(C)n1. The first kappa shape index (κ1) is 13.1. The fraction of sp³-hybridized carbons (Fsp3) is 0.800. The molecule has 0 spiro atoms. The molecule has 4 heteroatoms. The molecule has 1 aromatic heterocycles. The second-order valence-electron chi connectivity index (χ2n) is 6.16. The fourth-order valence-electron chi connectivity index (χ4n) is 3.78. The lowest BCUT2D eigenvalue weighted by Crippen LogP contribution is -2.48. The average Bonchev–Trinajstić information content (AvgIpc) is 2.89. The number of hydrogen-bond acceptors (Lipinski definition) is 3. The van der Waals surface area contributed by atoms with Crippen LogP contribution in [0, 0.1) is 0 Å². The van der Waals surface area contributed by atoms with Crippen LogP contribution in [0.4, 0.5) is 0 Å². The number of aryl methyl sites for hydroxylation is 1. The monoisotopic (exact) mass is 262 g/mol. The Kier molecular flexibility index (Phi) is 3.89. The van der Waals surface area contributed by atoms with Gasteiger partial charge in [0, 0.05) is 37.9 Å². The first-order valence-corrected chi connectivity index (χ1v) is 7.74. The van der Waals surface area contributed by atoms with E-state index in [1.165, 1.54) is 44.3 Å². The summed E-state index contributed by atoms with van der Waals surface area (Å²) >= 11 is 0. The molecule has 2 bridgehead atoms. The van der Waals surface area contributed by atoms with Gasteiger partial charge in [-0.05, 0) is 44.7 Å². The van der Waals surface area contributed by atoms with E-state index in [0.29, 0.717) is 0 Å². The minimum atomic E-state index is 0.748. The number of nitrogens with zero attached hydrogens (tertiary/aromatic N) is 3. The van der Waals surface area contributed by atoms with E-state index in [4.69, 9.17) is 0 Å². The zero-order chi connectivity index (χ0) is 13.2. The van der Waals surface area contributed by atoms with E-state index >= 15 is 0 Å². The van der Waals surface area contributed by atoms with Gasteiger partial charge in [-0.3, -0.25) is 9.58 Å². The Hall–Kier alpha value is -0.870. The summed E-state index contributed by atoms with van der Waals surface area (Å²) in [5.74, 6) is 0. The third-order valence-corrected chi connectivity index (χ3v) is 4.68. The highest BCUT2D eigenvalue weighted by molar-refractivity contribution is 5.04. The molecule has 0 aliphatic carbocycles. The maximum atomic E-state index is 4.53. The van der Waals surface area contributed by atoms with Gasteiger partial charge in [0.25, 0.3) is 0 Å². The largest absolute Gasteiger partial charge is 0.314 e. The molecule has 1 aromatic rings. The van der Waals surface area contributed by atoms with Crippen molar-refractivity contribution < 1.29 is 0 Å². The summed E-state index contributed by atoms with van der Waals surface area (Å²) in [5, 5.41) is 8.24. The van der Waals surface area contributed by atoms with Gasteiger partial charge in [0.05, 0.1) is 5.69 Å². The fourth-order valence-corrected chi connectivity index (χ4v) is 3.78. The molecule has 2 fully saturated rings. The highest BCUT2D eigenvalue weighted by Crippen LogP contribution is 2.36. The van der Waals surface area contributed by atoms with Gasteiger partial charge in [0.1, 0.15) is 0 Å². The summed E-state index contributed by atoms with van der Waals surface area (Å²) in [7, 11) is 2.00. The van der Waals surface area contributed by atoms with Crippen molar-refractivity contribution in [3.05, 3.63) is 18.0 Å². The molecular formula is C15H26N4. The number of rotatable bonds is 5. The summed E-state index contributed by atoms with van der Waals surface area (Å²) in [5.41, 5.74) is 1.22. The second kappa shape index (κ2) is 5.63.